The molecule has 22 heavy (non-hydrogen) atoms. The van der Waals surface area contributed by atoms with Gasteiger partial charge >= 0.3 is 0 Å². The van der Waals surface area contributed by atoms with Gasteiger partial charge in [0.15, 0.2) is 8.32 Å². The predicted octanol–water partition coefficient (Wildman–Crippen LogP) is 4.22. The van der Waals surface area contributed by atoms with Crippen molar-refractivity contribution < 1.29 is 14.3 Å². The fourth-order valence-corrected chi connectivity index (χ4v) is 3.27. The lowest BCUT2D eigenvalue weighted by atomic mass is 10.1. The van der Waals surface area contributed by atoms with Crippen molar-refractivity contribution in [3.05, 3.63) is 35.9 Å². The van der Waals surface area contributed by atoms with Crippen LogP contribution in [-0.4, -0.2) is 32.7 Å². The van der Waals surface area contributed by atoms with Crippen LogP contribution in [0.5, 0.6) is 0 Å². The van der Waals surface area contributed by atoms with Crippen LogP contribution >= 0.6 is 0 Å². The van der Waals surface area contributed by atoms with Crippen molar-refractivity contribution in [2.45, 2.75) is 58.5 Å². The number of hydrogen-bond donors (Lipinski definition) is 1. The van der Waals surface area contributed by atoms with Crippen LogP contribution in [0.1, 0.15) is 33.3 Å². The minimum Gasteiger partial charge on any atom is -0.411 e. The molecule has 0 bridgehead atoms. The lowest BCUT2D eigenvalue weighted by molar-refractivity contribution is -0.00403. The van der Waals surface area contributed by atoms with Gasteiger partial charge in [-0.3, -0.25) is 0 Å². The quantitative estimate of drug-likeness (QED) is 0.728. The van der Waals surface area contributed by atoms with Crippen LogP contribution in [0.2, 0.25) is 18.1 Å². The summed E-state index contributed by atoms with van der Waals surface area (Å²) in [5.41, 5.74) is 1.16. The molecule has 0 aliphatic carbocycles. The molecule has 0 radical (unpaired) electrons. The zero-order valence-corrected chi connectivity index (χ0v) is 15.9. The van der Waals surface area contributed by atoms with E-state index in [1.807, 2.05) is 25.1 Å². The van der Waals surface area contributed by atoms with Gasteiger partial charge < -0.3 is 14.3 Å². The van der Waals surface area contributed by atoms with E-state index < -0.39 is 8.32 Å². The Morgan fingerprint density at radius 2 is 1.73 bits per heavy atom. The maximum Gasteiger partial charge on any atom is 0.192 e. The van der Waals surface area contributed by atoms with Crippen molar-refractivity contribution in [3.8, 4) is 0 Å². The van der Waals surface area contributed by atoms with Crippen molar-refractivity contribution in [1.82, 2.24) is 0 Å². The Hall–Kier alpha value is -0.683. The van der Waals surface area contributed by atoms with E-state index in [1.165, 1.54) is 0 Å². The van der Waals surface area contributed by atoms with Gasteiger partial charge in [0.2, 0.25) is 0 Å². The van der Waals surface area contributed by atoms with Crippen LogP contribution in [0.4, 0.5) is 0 Å². The van der Waals surface area contributed by atoms with E-state index in [1.54, 1.807) is 0 Å². The molecule has 0 unspecified atom stereocenters. The van der Waals surface area contributed by atoms with Gasteiger partial charge in [-0.25, -0.2) is 0 Å². The molecule has 0 aliphatic heterocycles. The van der Waals surface area contributed by atoms with Crippen LogP contribution in [-0.2, 0) is 15.8 Å². The Bertz CT molecular complexity index is 426. The average Bonchev–Trinajstić information content (AvgIpc) is 2.45. The zero-order chi connectivity index (χ0) is 16.8. The van der Waals surface area contributed by atoms with Crippen LogP contribution in [0.3, 0.4) is 0 Å². The first kappa shape index (κ1) is 19.4. The molecule has 1 N–H and O–H groups in total. The van der Waals surface area contributed by atoms with E-state index >= 15 is 0 Å². The minimum absolute atomic E-state index is 0.0606. The molecule has 0 saturated heterocycles. The van der Waals surface area contributed by atoms with Crippen LogP contribution in [0.15, 0.2) is 30.3 Å². The van der Waals surface area contributed by atoms with E-state index in [-0.39, 0.29) is 23.7 Å². The van der Waals surface area contributed by atoms with Crippen molar-refractivity contribution in [2.75, 3.05) is 13.2 Å². The second-order valence-corrected chi connectivity index (χ2v) is 12.3. The van der Waals surface area contributed by atoms with E-state index in [4.69, 9.17) is 9.16 Å². The van der Waals surface area contributed by atoms with Gasteiger partial charge in [-0.2, -0.15) is 0 Å². The first-order chi connectivity index (χ1) is 10.2. The number of hydrogen-bond acceptors (Lipinski definition) is 3. The van der Waals surface area contributed by atoms with Gasteiger partial charge in [0.25, 0.3) is 0 Å². The monoisotopic (exact) mass is 324 g/mol. The highest BCUT2D eigenvalue weighted by atomic mass is 28.4. The number of benzene rings is 1. The molecule has 4 heteroatoms. The fraction of sp³-hybridized carbons (Fsp3) is 0.667. The van der Waals surface area contributed by atoms with Gasteiger partial charge in [0.05, 0.1) is 19.3 Å². The van der Waals surface area contributed by atoms with Crippen LogP contribution in [0.25, 0.3) is 0 Å². The Labute approximate surface area is 136 Å². The Morgan fingerprint density at radius 1 is 1.14 bits per heavy atom. The van der Waals surface area contributed by atoms with Gasteiger partial charge in [-0.15, -0.1) is 0 Å². The molecule has 0 aromatic heterocycles. The molecule has 0 heterocycles. The molecule has 0 saturated carbocycles. The summed E-state index contributed by atoms with van der Waals surface area (Å²) in [4.78, 5) is 0. The molecule has 0 spiro atoms. The minimum atomic E-state index is -1.87. The topological polar surface area (TPSA) is 38.7 Å². The second-order valence-electron chi connectivity index (χ2n) is 7.58. The summed E-state index contributed by atoms with van der Waals surface area (Å²) in [6, 6.07) is 10.1. The standard InChI is InChI=1S/C18H32O3Si/c1-15(12-19)17(21-22(5,6)18(2,3)4)14-20-13-16-10-8-7-9-11-16/h7-11,15,17,19H,12-14H2,1-6H3/t15-,17+/m1/s1. The van der Waals surface area contributed by atoms with Crippen molar-refractivity contribution in [3.63, 3.8) is 0 Å². The van der Waals surface area contributed by atoms with Gasteiger partial charge in [-0.05, 0) is 23.7 Å². The highest BCUT2D eigenvalue weighted by Gasteiger charge is 2.40. The largest absolute Gasteiger partial charge is 0.411 e. The van der Waals surface area contributed by atoms with E-state index in [0.717, 1.165) is 5.56 Å². The van der Waals surface area contributed by atoms with Crippen molar-refractivity contribution in [2.24, 2.45) is 5.92 Å². The normalized spacial score (nSPS) is 15.6. The molecule has 2 atom stereocenters. The molecule has 0 amide bonds. The molecule has 1 aromatic carbocycles. The van der Waals surface area contributed by atoms with Gasteiger partial charge in [0.1, 0.15) is 0 Å². The van der Waals surface area contributed by atoms with E-state index in [9.17, 15) is 5.11 Å². The average molecular weight is 325 g/mol. The molecule has 1 aromatic rings. The third-order valence-corrected chi connectivity index (χ3v) is 9.07. The Kier molecular flexibility index (Phi) is 7.26. The SMILES string of the molecule is C[C@H](CO)[C@H](COCc1ccccc1)O[Si](C)(C)C(C)(C)C. The van der Waals surface area contributed by atoms with Gasteiger partial charge in [-0.1, -0.05) is 58.0 Å². The lowest BCUT2D eigenvalue weighted by Gasteiger charge is -2.40. The summed E-state index contributed by atoms with van der Waals surface area (Å²) in [6.45, 7) is 14.4. The summed E-state index contributed by atoms with van der Waals surface area (Å²) in [5, 5.41) is 9.65. The third-order valence-electron chi connectivity index (χ3n) is 4.57. The number of aliphatic hydroxyl groups is 1. The smallest absolute Gasteiger partial charge is 0.192 e. The molecule has 0 fully saturated rings. The van der Waals surface area contributed by atoms with Gasteiger partial charge in [0, 0.05) is 12.5 Å². The number of ether oxygens (including phenoxy) is 1. The molecular formula is C18H32O3Si. The molecular weight excluding hydrogens is 292 g/mol. The summed E-state index contributed by atoms with van der Waals surface area (Å²) < 4.78 is 12.3. The van der Waals surface area contributed by atoms with Crippen LogP contribution in [0, 0.1) is 5.92 Å². The summed E-state index contributed by atoms with van der Waals surface area (Å²) in [5.74, 6) is 0.0740. The predicted molar refractivity (Wildman–Crippen MR) is 94.4 cm³/mol. The maximum atomic E-state index is 9.50. The Morgan fingerprint density at radius 3 is 2.23 bits per heavy atom. The summed E-state index contributed by atoms with van der Waals surface area (Å²) in [7, 11) is -1.87. The zero-order valence-electron chi connectivity index (χ0n) is 14.9. The van der Waals surface area contributed by atoms with E-state index in [0.29, 0.717) is 13.2 Å². The fourth-order valence-electron chi connectivity index (χ4n) is 1.85. The summed E-state index contributed by atoms with van der Waals surface area (Å²) >= 11 is 0. The molecule has 0 aliphatic rings. The first-order valence-electron chi connectivity index (χ1n) is 8.07. The van der Waals surface area contributed by atoms with E-state index in [2.05, 4.69) is 46.0 Å². The molecule has 126 valence electrons. The first-order valence-corrected chi connectivity index (χ1v) is 11.0. The number of aliphatic hydroxyl groups excluding tert-OH is 1. The lowest BCUT2D eigenvalue weighted by Crippen LogP contribution is -2.47. The van der Waals surface area contributed by atoms with Crippen molar-refractivity contribution in [1.29, 1.82) is 0 Å². The highest BCUT2D eigenvalue weighted by molar-refractivity contribution is 6.74. The third kappa shape index (κ3) is 5.84. The maximum absolute atomic E-state index is 9.50. The second kappa shape index (κ2) is 8.25. The highest BCUT2D eigenvalue weighted by Crippen LogP contribution is 2.38. The number of rotatable bonds is 8. The van der Waals surface area contributed by atoms with Crippen LogP contribution < -0.4 is 0 Å². The van der Waals surface area contributed by atoms with Crippen molar-refractivity contribution >= 4 is 8.32 Å². The summed E-state index contributed by atoms with van der Waals surface area (Å²) in [6.07, 6.45) is -0.0606. The Balaban J connectivity index is 2.62. The molecule has 3 nitrogen and oxygen atoms in total. The molecule has 1 rings (SSSR count).